The molecule has 5 nitrogen and oxygen atoms in total. The van der Waals surface area contributed by atoms with Crippen LogP contribution in [0.4, 0.5) is 0 Å². The van der Waals surface area contributed by atoms with Crippen LogP contribution in [0, 0.1) is 11.8 Å². The molecule has 3 N–H and O–H groups in total. The van der Waals surface area contributed by atoms with Gasteiger partial charge in [-0.15, -0.1) is 11.3 Å². The average molecular weight is 313 g/mol. The molecule has 1 aromatic rings. The van der Waals surface area contributed by atoms with E-state index in [2.05, 4.69) is 16.6 Å². The van der Waals surface area contributed by atoms with Crippen molar-refractivity contribution in [2.45, 2.75) is 25.8 Å². The highest BCUT2D eigenvalue weighted by Gasteiger charge is 2.23. The zero-order chi connectivity index (χ0) is 14.4. The maximum Gasteiger partial charge on any atom is 0.279 e. The molecule has 0 aromatic carbocycles. The van der Waals surface area contributed by atoms with Gasteiger partial charge in [0.25, 0.3) is 10.2 Å². The molecule has 2 rings (SSSR count). The fourth-order valence-corrected chi connectivity index (χ4v) is 4.21. The minimum Gasteiger partial charge on any atom is -0.320 e. The van der Waals surface area contributed by atoms with Gasteiger partial charge in [0.1, 0.15) is 0 Å². The number of nitrogens with zero attached hydrogens (tertiary/aromatic N) is 1. The van der Waals surface area contributed by atoms with Crippen molar-refractivity contribution in [3.63, 3.8) is 0 Å². The van der Waals surface area contributed by atoms with E-state index in [4.69, 9.17) is 5.73 Å². The number of nitrogens with one attached hydrogen (secondary N) is 1. The number of hydrogen-bond acceptors (Lipinski definition) is 4. The van der Waals surface area contributed by atoms with Crippen LogP contribution in [0.25, 0.3) is 0 Å². The maximum atomic E-state index is 12.1. The quantitative estimate of drug-likeness (QED) is 0.810. The first kappa shape index (κ1) is 15.5. The molecule has 1 aliphatic heterocycles. The van der Waals surface area contributed by atoms with Gasteiger partial charge in [-0.05, 0) is 25.0 Å². The van der Waals surface area contributed by atoms with Crippen molar-refractivity contribution in [2.24, 2.45) is 5.73 Å². The number of thiophene rings is 1. The summed E-state index contributed by atoms with van der Waals surface area (Å²) in [5, 5.41) is 0. The standard InChI is InChI=1S/C13H19N3O2S2/c14-8-4-5-12-6-7-13(19-12)11-15-20(17,18)16-9-2-1-3-10-16/h6-7,15H,1-3,8-11,14H2. The Morgan fingerprint density at radius 3 is 2.75 bits per heavy atom. The van der Waals surface area contributed by atoms with E-state index in [0.29, 0.717) is 26.2 Å². The van der Waals surface area contributed by atoms with Gasteiger partial charge in [0.2, 0.25) is 0 Å². The third-order valence-electron chi connectivity index (χ3n) is 3.06. The minimum absolute atomic E-state index is 0.313. The Labute approximate surface area is 124 Å². The largest absolute Gasteiger partial charge is 0.320 e. The fraction of sp³-hybridized carbons (Fsp3) is 0.538. The van der Waals surface area contributed by atoms with Crippen molar-refractivity contribution in [1.29, 1.82) is 0 Å². The number of piperidine rings is 1. The summed E-state index contributed by atoms with van der Waals surface area (Å²) in [5.41, 5.74) is 5.32. The Morgan fingerprint density at radius 1 is 1.30 bits per heavy atom. The first-order valence-corrected chi connectivity index (χ1v) is 8.90. The molecular weight excluding hydrogens is 294 g/mol. The highest BCUT2D eigenvalue weighted by atomic mass is 32.2. The third-order valence-corrected chi connectivity index (χ3v) is 5.61. The first-order valence-electron chi connectivity index (χ1n) is 6.64. The van der Waals surface area contributed by atoms with Crippen LogP contribution in [0.3, 0.4) is 0 Å². The summed E-state index contributed by atoms with van der Waals surface area (Å²) in [6.07, 6.45) is 3.00. The van der Waals surface area contributed by atoms with Crippen LogP contribution in [-0.2, 0) is 16.8 Å². The van der Waals surface area contributed by atoms with E-state index in [9.17, 15) is 8.42 Å². The highest BCUT2D eigenvalue weighted by molar-refractivity contribution is 7.87. The molecule has 0 bridgehead atoms. The van der Waals surface area contributed by atoms with Gasteiger partial charge in [-0.25, -0.2) is 0 Å². The van der Waals surface area contributed by atoms with Crippen molar-refractivity contribution in [3.8, 4) is 11.8 Å². The normalized spacial score (nSPS) is 16.6. The van der Waals surface area contributed by atoms with Gasteiger partial charge in [-0.1, -0.05) is 18.3 Å². The van der Waals surface area contributed by atoms with Gasteiger partial charge < -0.3 is 5.73 Å². The van der Waals surface area contributed by atoms with Crippen LogP contribution >= 0.6 is 11.3 Å². The van der Waals surface area contributed by atoms with Crippen molar-refractivity contribution in [1.82, 2.24) is 9.03 Å². The Hall–Kier alpha value is -0.910. The predicted octanol–water partition coefficient (Wildman–Crippen LogP) is 0.879. The van der Waals surface area contributed by atoms with Crippen molar-refractivity contribution < 1.29 is 8.42 Å². The highest BCUT2D eigenvalue weighted by Crippen LogP contribution is 2.16. The summed E-state index contributed by atoms with van der Waals surface area (Å²) in [4.78, 5) is 1.86. The summed E-state index contributed by atoms with van der Waals surface area (Å²) in [5.74, 6) is 5.72. The lowest BCUT2D eigenvalue weighted by Crippen LogP contribution is -2.43. The third kappa shape index (κ3) is 4.30. The summed E-state index contributed by atoms with van der Waals surface area (Å²) < 4.78 is 28.4. The van der Waals surface area contributed by atoms with Crippen molar-refractivity contribution in [3.05, 3.63) is 21.9 Å². The molecule has 110 valence electrons. The van der Waals surface area contributed by atoms with Gasteiger partial charge in [0.05, 0.1) is 11.4 Å². The molecule has 0 amide bonds. The molecule has 7 heteroatoms. The molecule has 0 radical (unpaired) electrons. The predicted molar refractivity (Wildman–Crippen MR) is 81.4 cm³/mol. The second kappa shape index (κ2) is 7.20. The van der Waals surface area contributed by atoms with Crippen LogP contribution in [0.15, 0.2) is 12.1 Å². The lowest BCUT2D eigenvalue weighted by molar-refractivity contribution is 0.341. The van der Waals surface area contributed by atoms with Gasteiger partial charge in [0.15, 0.2) is 0 Å². The molecule has 0 saturated carbocycles. The summed E-state index contributed by atoms with van der Waals surface area (Å²) in [7, 11) is -3.36. The average Bonchev–Trinajstić information content (AvgIpc) is 2.92. The van der Waals surface area contributed by atoms with Crippen LogP contribution in [0.1, 0.15) is 29.0 Å². The second-order valence-corrected chi connectivity index (χ2v) is 7.48. The van der Waals surface area contributed by atoms with E-state index in [1.165, 1.54) is 15.6 Å². The van der Waals surface area contributed by atoms with E-state index in [0.717, 1.165) is 29.0 Å². The van der Waals surface area contributed by atoms with Crippen LogP contribution in [0.5, 0.6) is 0 Å². The number of rotatable bonds is 4. The minimum atomic E-state index is -3.36. The molecular formula is C13H19N3O2S2. The Balaban J connectivity index is 1.92. The van der Waals surface area contributed by atoms with Gasteiger partial charge in [-0.3, -0.25) is 0 Å². The number of hydrogen-bond donors (Lipinski definition) is 2. The Bertz CT molecular complexity index is 593. The van der Waals surface area contributed by atoms with Gasteiger partial charge in [0, 0.05) is 24.5 Å². The molecule has 1 aliphatic rings. The molecule has 0 spiro atoms. The zero-order valence-corrected chi connectivity index (χ0v) is 12.9. The topological polar surface area (TPSA) is 75.4 Å². The maximum absolute atomic E-state index is 12.1. The summed E-state index contributed by atoms with van der Waals surface area (Å²) in [6, 6.07) is 3.78. The van der Waals surface area contributed by atoms with Gasteiger partial charge in [-0.2, -0.15) is 17.4 Å². The van der Waals surface area contributed by atoms with Gasteiger partial charge >= 0.3 is 0 Å². The zero-order valence-electron chi connectivity index (χ0n) is 11.3. The molecule has 2 heterocycles. The van der Waals surface area contributed by atoms with Crippen LogP contribution in [0.2, 0.25) is 0 Å². The molecule has 20 heavy (non-hydrogen) atoms. The Kier molecular flexibility index (Phi) is 5.57. The smallest absolute Gasteiger partial charge is 0.279 e. The Morgan fingerprint density at radius 2 is 2.05 bits per heavy atom. The first-order chi connectivity index (χ1) is 9.62. The van der Waals surface area contributed by atoms with E-state index in [1.807, 2.05) is 12.1 Å². The van der Waals surface area contributed by atoms with Crippen LogP contribution in [-0.4, -0.2) is 32.4 Å². The monoisotopic (exact) mass is 313 g/mol. The van der Waals surface area contributed by atoms with E-state index in [-0.39, 0.29) is 0 Å². The molecule has 1 aromatic heterocycles. The summed E-state index contributed by atoms with van der Waals surface area (Å²) >= 11 is 1.49. The lowest BCUT2D eigenvalue weighted by Gasteiger charge is -2.25. The van der Waals surface area contributed by atoms with E-state index >= 15 is 0 Å². The van der Waals surface area contributed by atoms with Crippen molar-refractivity contribution in [2.75, 3.05) is 19.6 Å². The van der Waals surface area contributed by atoms with Crippen LogP contribution < -0.4 is 10.5 Å². The number of nitrogens with two attached hydrogens (primary N) is 1. The lowest BCUT2D eigenvalue weighted by atomic mass is 10.2. The molecule has 0 atom stereocenters. The second-order valence-electron chi connectivity index (χ2n) is 4.56. The molecule has 0 unspecified atom stereocenters. The SMILES string of the molecule is NCC#Cc1ccc(CNS(=O)(=O)N2CCCCC2)s1. The van der Waals surface area contributed by atoms with E-state index in [1.54, 1.807) is 0 Å². The summed E-state index contributed by atoms with van der Waals surface area (Å²) in [6.45, 7) is 1.88. The fourth-order valence-electron chi connectivity index (χ4n) is 2.04. The van der Waals surface area contributed by atoms with Crippen molar-refractivity contribution >= 4 is 21.5 Å². The van der Waals surface area contributed by atoms with E-state index < -0.39 is 10.2 Å². The molecule has 1 fully saturated rings. The molecule has 0 aliphatic carbocycles. The molecule has 1 saturated heterocycles.